The third kappa shape index (κ3) is 2.31. The molecule has 4 heteroatoms. The summed E-state index contributed by atoms with van der Waals surface area (Å²) in [6.07, 6.45) is 0.963. The summed E-state index contributed by atoms with van der Waals surface area (Å²) in [4.78, 5) is 4.81. The van der Waals surface area contributed by atoms with E-state index in [2.05, 4.69) is 17.7 Å². The van der Waals surface area contributed by atoms with E-state index in [1.54, 1.807) is 0 Å². The zero-order valence-corrected chi connectivity index (χ0v) is 7.86. The van der Waals surface area contributed by atoms with Crippen LogP contribution in [0, 0.1) is 5.41 Å². The first-order valence-electron chi connectivity index (χ1n) is 4.63. The molecule has 0 radical (unpaired) electrons. The van der Waals surface area contributed by atoms with Crippen LogP contribution in [0.1, 0.15) is 5.56 Å². The van der Waals surface area contributed by atoms with Gasteiger partial charge in [-0.1, -0.05) is 35.9 Å². The Bertz CT molecular complexity index is 312. The number of hydrogen-bond acceptors (Lipinski definition) is 4. The van der Waals surface area contributed by atoms with Crippen LogP contribution in [0.25, 0.3) is 0 Å². The van der Waals surface area contributed by atoms with Crippen LogP contribution < -0.4 is 5.59 Å². The molecule has 0 aromatic heterocycles. The molecule has 1 saturated heterocycles. The van der Waals surface area contributed by atoms with Crippen molar-refractivity contribution in [2.75, 3.05) is 13.1 Å². The highest BCUT2D eigenvalue weighted by Gasteiger charge is 2.16. The van der Waals surface area contributed by atoms with E-state index >= 15 is 0 Å². The SMILES string of the molecule is N=C1CN(CCc2ccccc2)NO1. The molecule has 1 aromatic carbocycles. The number of nitrogens with one attached hydrogen (secondary N) is 2. The van der Waals surface area contributed by atoms with Gasteiger partial charge >= 0.3 is 0 Å². The molecule has 1 aliphatic rings. The van der Waals surface area contributed by atoms with E-state index in [-0.39, 0.29) is 5.90 Å². The van der Waals surface area contributed by atoms with Crippen LogP contribution in [-0.2, 0) is 11.3 Å². The predicted octanol–water partition coefficient (Wildman–Crippen LogP) is 0.958. The summed E-state index contributed by atoms with van der Waals surface area (Å²) >= 11 is 0. The second kappa shape index (κ2) is 4.21. The highest BCUT2D eigenvalue weighted by Crippen LogP contribution is 2.02. The van der Waals surface area contributed by atoms with Crippen LogP contribution >= 0.6 is 0 Å². The highest BCUT2D eigenvalue weighted by molar-refractivity contribution is 5.75. The van der Waals surface area contributed by atoms with Gasteiger partial charge in [0.1, 0.15) is 0 Å². The first kappa shape index (κ1) is 9.18. The van der Waals surface area contributed by atoms with Crippen molar-refractivity contribution in [2.45, 2.75) is 6.42 Å². The molecule has 1 aromatic rings. The van der Waals surface area contributed by atoms with Gasteiger partial charge in [-0.05, 0) is 12.0 Å². The Morgan fingerprint density at radius 3 is 2.79 bits per heavy atom. The molecule has 0 unspecified atom stereocenters. The van der Waals surface area contributed by atoms with E-state index in [1.807, 2.05) is 23.2 Å². The molecule has 14 heavy (non-hydrogen) atoms. The minimum Gasteiger partial charge on any atom is -0.377 e. The normalized spacial score (nSPS) is 17.0. The molecule has 1 heterocycles. The topological polar surface area (TPSA) is 48.4 Å². The average Bonchev–Trinajstić information content (AvgIpc) is 2.63. The molecular weight excluding hydrogens is 178 g/mol. The minimum absolute atomic E-state index is 0.276. The molecule has 2 rings (SSSR count). The van der Waals surface area contributed by atoms with Gasteiger partial charge in [0.2, 0.25) is 5.90 Å². The quantitative estimate of drug-likeness (QED) is 0.748. The molecule has 0 bridgehead atoms. The van der Waals surface area contributed by atoms with Gasteiger partial charge in [0, 0.05) is 6.54 Å². The van der Waals surface area contributed by atoms with Crippen molar-refractivity contribution < 1.29 is 4.84 Å². The first-order chi connectivity index (χ1) is 6.84. The van der Waals surface area contributed by atoms with E-state index in [4.69, 9.17) is 10.2 Å². The second-order valence-corrected chi connectivity index (χ2v) is 3.27. The van der Waals surface area contributed by atoms with Crippen LogP contribution in [0.3, 0.4) is 0 Å². The molecule has 0 saturated carbocycles. The number of hydrazine groups is 1. The summed E-state index contributed by atoms with van der Waals surface area (Å²) < 4.78 is 0. The maximum atomic E-state index is 7.24. The molecule has 0 aliphatic carbocycles. The Hall–Kier alpha value is -1.39. The maximum absolute atomic E-state index is 7.24. The van der Waals surface area contributed by atoms with Gasteiger partial charge in [-0.3, -0.25) is 5.41 Å². The van der Waals surface area contributed by atoms with Crippen LogP contribution in [0.2, 0.25) is 0 Å². The number of nitrogens with zero attached hydrogens (tertiary/aromatic N) is 1. The van der Waals surface area contributed by atoms with Crippen molar-refractivity contribution in [1.82, 2.24) is 10.6 Å². The summed E-state index contributed by atoms with van der Waals surface area (Å²) in [5.41, 5.74) is 3.98. The van der Waals surface area contributed by atoms with Gasteiger partial charge in [-0.25, -0.2) is 5.01 Å². The monoisotopic (exact) mass is 191 g/mol. The van der Waals surface area contributed by atoms with Crippen LogP contribution in [-0.4, -0.2) is 24.0 Å². The fraction of sp³-hybridized carbons (Fsp3) is 0.300. The fourth-order valence-electron chi connectivity index (χ4n) is 1.39. The fourth-order valence-corrected chi connectivity index (χ4v) is 1.39. The largest absolute Gasteiger partial charge is 0.377 e. The molecule has 0 amide bonds. The molecule has 1 aliphatic heterocycles. The third-order valence-corrected chi connectivity index (χ3v) is 2.15. The highest BCUT2D eigenvalue weighted by atomic mass is 16.7. The van der Waals surface area contributed by atoms with Crippen molar-refractivity contribution >= 4 is 5.90 Å². The molecule has 2 N–H and O–H groups in total. The van der Waals surface area contributed by atoms with Crippen molar-refractivity contribution in [1.29, 1.82) is 5.41 Å². The standard InChI is InChI=1S/C10H13N3O/c11-10-8-13(12-14-10)7-6-9-4-2-1-3-5-9/h1-5,11-12H,6-8H2. The number of hydrogen-bond donors (Lipinski definition) is 2. The molecule has 4 nitrogen and oxygen atoms in total. The smallest absolute Gasteiger partial charge is 0.224 e. The Kier molecular flexibility index (Phi) is 2.76. The summed E-state index contributed by atoms with van der Waals surface area (Å²) in [5.74, 6) is 0.276. The summed E-state index contributed by atoms with van der Waals surface area (Å²) in [7, 11) is 0. The zero-order valence-electron chi connectivity index (χ0n) is 7.86. The number of benzene rings is 1. The Labute approximate surface area is 82.9 Å². The van der Waals surface area contributed by atoms with Crippen LogP contribution in [0.5, 0.6) is 0 Å². The van der Waals surface area contributed by atoms with E-state index in [1.165, 1.54) is 5.56 Å². The van der Waals surface area contributed by atoms with Crippen molar-refractivity contribution in [3.63, 3.8) is 0 Å². The maximum Gasteiger partial charge on any atom is 0.224 e. The Morgan fingerprint density at radius 1 is 1.36 bits per heavy atom. The molecular formula is C10H13N3O. The van der Waals surface area contributed by atoms with E-state index in [9.17, 15) is 0 Å². The van der Waals surface area contributed by atoms with Gasteiger partial charge in [0.05, 0.1) is 6.54 Å². The van der Waals surface area contributed by atoms with E-state index < -0.39 is 0 Å². The lowest BCUT2D eigenvalue weighted by Crippen LogP contribution is -2.32. The first-order valence-corrected chi connectivity index (χ1v) is 4.63. The van der Waals surface area contributed by atoms with Crippen molar-refractivity contribution in [3.05, 3.63) is 35.9 Å². The predicted molar refractivity (Wildman–Crippen MR) is 53.7 cm³/mol. The second-order valence-electron chi connectivity index (χ2n) is 3.27. The Morgan fingerprint density at radius 2 is 2.14 bits per heavy atom. The molecule has 1 fully saturated rings. The lowest BCUT2D eigenvalue weighted by molar-refractivity contribution is 0.0560. The average molecular weight is 191 g/mol. The summed E-state index contributed by atoms with van der Waals surface area (Å²) in [5, 5.41) is 9.12. The molecule has 74 valence electrons. The van der Waals surface area contributed by atoms with Gasteiger partial charge in [0.25, 0.3) is 0 Å². The van der Waals surface area contributed by atoms with Crippen LogP contribution in [0.4, 0.5) is 0 Å². The number of rotatable bonds is 3. The summed E-state index contributed by atoms with van der Waals surface area (Å²) in [6, 6.07) is 10.3. The van der Waals surface area contributed by atoms with Gasteiger partial charge in [-0.2, -0.15) is 0 Å². The zero-order chi connectivity index (χ0) is 9.80. The third-order valence-electron chi connectivity index (χ3n) is 2.15. The van der Waals surface area contributed by atoms with Crippen LogP contribution in [0.15, 0.2) is 30.3 Å². The molecule has 0 spiro atoms. The summed E-state index contributed by atoms with van der Waals surface area (Å²) in [6.45, 7) is 1.40. The minimum atomic E-state index is 0.276. The van der Waals surface area contributed by atoms with Gasteiger partial charge < -0.3 is 4.84 Å². The van der Waals surface area contributed by atoms with Crippen molar-refractivity contribution in [3.8, 4) is 0 Å². The lowest BCUT2D eigenvalue weighted by Gasteiger charge is -2.10. The van der Waals surface area contributed by atoms with Gasteiger partial charge in [0.15, 0.2) is 0 Å². The molecule has 0 atom stereocenters. The van der Waals surface area contributed by atoms with E-state index in [0.29, 0.717) is 6.54 Å². The Balaban J connectivity index is 1.80. The van der Waals surface area contributed by atoms with E-state index in [0.717, 1.165) is 13.0 Å². The van der Waals surface area contributed by atoms with Crippen molar-refractivity contribution in [2.24, 2.45) is 0 Å². The van der Waals surface area contributed by atoms with Gasteiger partial charge in [-0.15, -0.1) is 0 Å². The lowest BCUT2D eigenvalue weighted by atomic mass is 10.1.